The Labute approximate surface area is 167 Å². The fourth-order valence-electron chi connectivity index (χ4n) is 2.94. The van der Waals surface area contributed by atoms with Gasteiger partial charge in [0.25, 0.3) is 0 Å². The summed E-state index contributed by atoms with van der Waals surface area (Å²) in [5, 5.41) is 0. The van der Waals surface area contributed by atoms with Crippen LogP contribution >= 0.6 is 0 Å². The van der Waals surface area contributed by atoms with Crippen LogP contribution in [0.3, 0.4) is 0 Å². The molecule has 0 N–H and O–H groups in total. The van der Waals surface area contributed by atoms with E-state index in [0.717, 1.165) is 53.2 Å². The van der Waals surface area contributed by atoms with Crippen LogP contribution in [0.4, 0.5) is 0 Å². The average Bonchev–Trinajstić information content (AvgIpc) is 2.76. The molecule has 0 aliphatic carbocycles. The summed E-state index contributed by atoms with van der Waals surface area (Å²) in [5.41, 5.74) is 7.06. The van der Waals surface area contributed by atoms with Gasteiger partial charge in [-0.2, -0.15) is 0 Å². The van der Waals surface area contributed by atoms with Crippen LogP contribution in [-0.4, -0.2) is 15.0 Å². The summed E-state index contributed by atoms with van der Waals surface area (Å²) in [4.78, 5) is 14.0. The minimum absolute atomic E-state index is 0.886. The van der Waals surface area contributed by atoms with Crippen molar-refractivity contribution < 1.29 is 0 Å². The molecule has 0 saturated carbocycles. The van der Waals surface area contributed by atoms with Gasteiger partial charge in [-0.05, 0) is 72.4 Å². The van der Waals surface area contributed by atoms with Crippen molar-refractivity contribution in [3.8, 4) is 22.8 Å². The molecule has 3 rings (SSSR count). The van der Waals surface area contributed by atoms with Crippen LogP contribution in [0.1, 0.15) is 50.3 Å². The normalized spacial score (nSPS) is 11.5. The quantitative estimate of drug-likeness (QED) is 0.470. The van der Waals surface area contributed by atoms with E-state index in [1.54, 1.807) is 0 Å². The number of pyridine rings is 3. The highest BCUT2D eigenvalue weighted by Gasteiger charge is 2.09. The minimum atomic E-state index is 0.886. The first kappa shape index (κ1) is 19.7. The zero-order chi connectivity index (χ0) is 19.8. The monoisotopic (exact) mass is 369 g/mol. The maximum absolute atomic E-state index is 4.89. The average molecular weight is 370 g/mol. The van der Waals surface area contributed by atoms with Gasteiger partial charge in [-0.1, -0.05) is 45.1 Å². The molecule has 3 aromatic rings. The first-order chi connectivity index (χ1) is 13.7. The lowest BCUT2D eigenvalue weighted by Gasteiger charge is -2.09. The van der Waals surface area contributed by atoms with Gasteiger partial charge in [-0.25, -0.2) is 4.98 Å². The van der Waals surface area contributed by atoms with Crippen molar-refractivity contribution in [3.63, 3.8) is 0 Å². The summed E-state index contributed by atoms with van der Waals surface area (Å²) in [6, 6.07) is 12.5. The van der Waals surface area contributed by atoms with Crippen LogP contribution in [0, 0.1) is 0 Å². The third-order valence-electron chi connectivity index (χ3n) is 4.48. The van der Waals surface area contributed by atoms with Gasteiger partial charge in [0.05, 0.1) is 22.8 Å². The maximum Gasteiger partial charge on any atom is 0.0897 e. The molecule has 0 radical (unpaired) electrons. The standard InChI is InChI=1S/C25H27N3/c1-4-7-9-20-11-13-26-22(17-20)24-15-19(6-3)16-25(28-24)23-18-21(10-8-5-2)12-14-27-23/h7-18H,4-6H2,1-3H3/b9-7+,10-8+. The van der Waals surface area contributed by atoms with Crippen LogP contribution in [-0.2, 0) is 6.42 Å². The molecule has 0 spiro atoms. The molecular formula is C25H27N3. The topological polar surface area (TPSA) is 38.7 Å². The maximum atomic E-state index is 4.89. The Morgan fingerprint density at radius 3 is 1.61 bits per heavy atom. The summed E-state index contributed by atoms with van der Waals surface area (Å²) < 4.78 is 0. The predicted octanol–water partition coefficient (Wildman–Crippen LogP) is 6.61. The van der Waals surface area contributed by atoms with Crippen LogP contribution in [0.5, 0.6) is 0 Å². The second kappa shape index (κ2) is 9.75. The second-order valence-electron chi connectivity index (χ2n) is 6.67. The highest BCUT2D eigenvalue weighted by Crippen LogP contribution is 2.24. The summed E-state index contributed by atoms with van der Waals surface area (Å²) in [7, 11) is 0. The number of hydrogen-bond acceptors (Lipinski definition) is 3. The van der Waals surface area contributed by atoms with E-state index in [1.165, 1.54) is 5.56 Å². The van der Waals surface area contributed by atoms with E-state index < -0.39 is 0 Å². The Balaban J connectivity index is 2.04. The van der Waals surface area contributed by atoms with Gasteiger partial charge in [-0.3, -0.25) is 9.97 Å². The minimum Gasteiger partial charge on any atom is -0.255 e. The Hall–Kier alpha value is -3.07. The highest BCUT2D eigenvalue weighted by atomic mass is 14.8. The van der Waals surface area contributed by atoms with E-state index in [-0.39, 0.29) is 0 Å². The molecule has 3 heterocycles. The number of aryl methyl sites for hydroxylation is 1. The fraction of sp³-hybridized carbons (Fsp3) is 0.240. The molecule has 0 saturated heterocycles. The number of hydrogen-bond donors (Lipinski definition) is 0. The van der Waals surface area contributed by atoms with Crippen molar-refractivity contribution in [1.82, 2.24) is 15.0 Å². The summed E-state index contributed by atoms with van der Waals surface area (Å²) >= 11 is 0. The van der Waals surface area contributed by atoms with E-state index in [0.29, 0.717) is 0 Å². The largest absolute Gasteiger partial charge is 0.255 e. The molecule has 0 aliphatic heterocycles. The van der Waals surface area contributed by atoms with Crippen molar-refractivity contribution in [2.75, 3.05) is 0 Å². The lowest BCUT2D eigenvalue weighted by molar-refractivity contribution is 1.11. The van der Waals surface area contributed by atoms with Crippen molar-refractivity contribution >= 4 is 12.2 Å². The zero-order valence-electron chi connectivity index (χ0n) is 16.9. The molecule has 0 fully saturated rings. The molecule has 0 aliphatic rings. The molecule has 0 amide bonds. The molecule has 0 aromatic carbocycles. The van der Waals surface area contributed by atoms with Crippen molar-refractivity contribution in [2.45, 2.75) is 40.0 Å². The third-order valence-corrected chi connectivity index (χ3v) is 4.48. The summed E-state index contributed by atoms with van der Waals surface area (Å²) in [6.45, 7) is 6.42. The van der Waals surface area contributed by atoms with E-state index in [9.17, 15) is 0 Å². The molecule has 3 aromatic heterocycles. The Morgan fingerprint density at radius 1 is 0.679 bits per heavy atom. The lowest BCUT2D eigenvalue weighted by Crippen LogP contribution is -1.96. The third kappa shape index (κ3) is 5.01. The second-order valence-corrected chi connectivity index (χ2v) is 6.67. The fourth-order valence-corrected chi connectivity index (χ4v) is 2.94. The smallest absolute Gasteiger partial charge is 0.0897 e. The van der Waals surface area contributed by atoms with E-state index in [1.807, 2.05) is 24.5 Å². The van der Waals surface area contributed by atoms with Crippen molar-refractivity contribution in [1.29, 1.82) is 0 Å². The van der Waals surface area contributed by atoms with E-state index in [4.69, 9.17) is 4.98 Å². The van der Waals surface area contributed by atoms with Crippen LogP contribution in [0.25, 0.3) is 34.9 Å². The van der Waals surface area contributed by atoms with Gasteiger partial charge in [0.15, 0.2) is 0 Å². The highest BCUT2D eigenvalue weighted by molar-refractivity contribution is 5.67. The number of aromatic nitrogens is 3. The zero-order valence-corrected chi connectivity index (χ0v) is 16.9. The predicted molar refractivity (Wildman–Crippen MR) is 119 cm³/mol. The molecule has 28 heavy (non-hydrogen) atoms. The van der Waals surface area contributed by atoms with Gasteiger partial charge in [0.2, 0.25) is 0 Å². The number of nitrogens with zero attached hydrogens (tertiary/aromatic N) is 3. The van der Waals surface area contributed by atoms with Gasteiger partial charge in [0.1, 0.15) is 0 Å². The Bertz CT molecular complexity index is 911. The molecule has 0 atom stereocenters. The molecule has 0 bridgehead atoms. The summed E-state index contributed by atoms with van der Waals surface area (Å²) in [6.07, 6.45) is 15.2. The molecule has 3 nitrogen and oxygen atoms in total. The number of allylic oxidation sites excluding steroid dienone is 2. The van der Waals surface area contributed by atoms with Gasteiger partial charge in [-0.15, -0.1) is 0 Å². The van der Waals surface area contributed by atoms with Gasteiger partial charge in [0, 0.05) is 12.4 Å². The first-order valence-electron chi connectivity index (χ1n) is 10.00. The Kier molecular flexibility index (Phi) is 6.85. The van der Waals surface area contributed by atoms with E-state index in [2.05, 4.69) is 79.3 Å². The molecule has 142 valence electrons. The molecule has 0 unspecified atom stereocenters. The van der Waals surface area contributed by atoms with Crippen LogP contribution in [0.2, 0.25) is 0 Å². The number of rotatable bonds is 7. The SMILES string of the molecule is CC/C=C/c1ccnc(-c2cc(CC)cc(-c3cc(/C=C/CC)ccn3)n2)c1. The Morgan fingerprint density at radius 2 is 1.18 bits per heavy atom. The molecular weight excluding hydrogens is 342 g/mol. The first-order valence-corrected chi connectivity index (χ1v) is 10.00. The van der Waals surface area contributed by atoms with Crippen molar-refractivity contribution in [3.05, 3.63) is 77.6 Å². The lowest BCUT2D eigenvalue weighted by atomic mass is 10.1. The van der Waals surface area contributed by atoms with Crippen molar-refractivity contribution in [2.24, 2.45) is 0 Å². The summed E-state index contributed by atoms with van der Waals surface area (Å²) in [5.74, 6) is 0. The van der Waals surface area contributed by atoms with Gasteiger partial charge >= 0.3 is 0 Å². The molecule has 3 heteroatoms. The van der Waals surface area contributed by atoms with Crippen LogP contribution < -0.4 is 0 Å². The van der Waals surface area contributed by atoms with E-state index >= 15 is 0 Å². The van der Waals surface area contributed by atoms with Crippen LogP contribution in [0.15, 0.2) is 60.9 Å². The van der Waals surface area contributed by atoms with Gasteiger partial charge < -0.3 is 0 Å².